The molecule has 0 atom stereocenters. The van der Waals surface area contributed by atoms with Crippen LogP contribution in [-0.2, 0) is 0 Å². The predicted octanol–water partition coefficient (Wildman–Crippen LogP) is 1.70. The highest BCUT2D eigenvalue weighted by atomic mass is 35.5. The first-order valence-corrected chi connectivity index (χ1v) is 6.56. The normalized spacial score (nSPS) is 16.9. The standard InChI is InChI=1S/C13H18ClN3O/c1-2-16-5-7-17(8-6-16)13(18)10-3-4-11(14)12(15)9-10/h3-4,9H,2,5-8,15H2,1H3. The third-order valence-electron chi connectivity index (χ3n) is 3.35. The number of rotatable bonds is 2. The largest absolute Gasteiger partial charge is 0.398 e. The van der Waals surface area contributed by atoms with Crippen molar-refractivity contribution in [3.8, 4) is 0 Å². The van der Waals surface area contributed by atoms with Gasteiger partial charge in [0.25, 0.3) is 5.91 Å². The van der Waals surface area contributed by atoms with Gasteiger partial charge in [-0.2, -0.15) is 0 Å². The molecule has 2 rings (SSSR count). The molecule has 0 spiro atoms. The number of amides is 1. The molecule has 4 nitrogen and oxygen atoms in total. The van der Waals surface area contributed by atoms with E-state index < -0.39 is 0 Å². The molecule has 18 heavy (non-hydrogen) atoms. The van der Waals surface area contributed by atoms with Crippen LogP contribution in [0.2, 0.25) is 5.02 Å². The quantitative estimate of drug-likeness (QED) is 0.830. The van der Waals surface area contributed by atoms with E-state index in [2.05, 4.69) is 11.8 Å². The van der Waals surface area contributed by atoms with Crippen molar-refractivity contribution < 1.29 is 4.79 Å². The molecule has 1 aromatic carbocycles. The fourth-order valence-electron chi connectivity index (χ4n) is 2.13. The van der Waals surface area contributed by atoms with E-state index in [1.54, 1.807) is 18.2 Å². The lowest BCUT2D eigenvalue weighted by molar-refractivity contribution is 0.0643. The molecule has 1 aliphatic rings. The maximum absolute atomic E-state index is 12.3. The van der Waals surface area contributed by atoms with Crippen LogP contribution in [0.1, 0.15) is 17.3 Å². The van der Waals surface area contributed by atoms with Gasteiger partial charge in [-0.15, -0.1) is 0 Å². The monoisotopic (exact) mass is 267 g/mol. The zero-order valence-electron chi connectivity index (χ0n) is 10.5. The summed E-state index contributed by atoms with van der Waals surface area (Å²) < 4.78 is 0. The predicted molar refractivity (Wildman–Crippen MR) is 73.9 cm³/mol. The van der Waals surface area contributed by atoms with Crippen molar-refractivity contribution in [2.24, 2.45) is 0 Å². The van der Waals surface area contributed by atoms with Crippen molar-refractivity contribution >= 4 is 23.2 Å². The fourth-order valence-corrected chi connectivity index (χ4v) is 2.24. The van der Waals surface area contributed by atoms with E-state index in [1.165, 1.54) is 0 Å². The summed E-state index contributed by atoms with van der Waals surface area (Å²) >= 11 is 5.85. The fraction of sp³-hybridized carbons (Fsp3) is 0.462. The molecule has 5 heteroatoms. The molecular formula is C13H18ClN3O. The van der Waals surface area contributed by atoms with Crippen LogP contribution in [0.15, 0.2) is 18.2 Å². The van der Waals surface area contributed by atoms with E-state index in [9.17, 15) is 4.79 Å². The number of likely N-dealkylation sites (N-methyl/N-ethyl adjacent to an activating group) is 1. The lowest BCUT2D eigenvalue weighted by atomic mass is 10.1. The van der Waals surface area contributed by atoms with E-state index in [-0.39, 0.29) is 5.91 Å². The number of benzene rings is 1. The highest BCUT2D eigenvalue weighted by Crippen LogP contribution is 2.20. The van der Waals surface area contributed by atoms with Crippen molar-refractivity contribution in [1.82, 2.24) is 9.80 Å². The van der Waals surface area contributed by atoms with Crippen molar-refractivity contribution in [3.63, 3.8) is 0 Å². The molecule has 0 aromatic heterocycles. The van der Waals surface area contributed by atoms with Crippen LogP contribution in [0.25, 0.3) is 0 Å². The molecule has 1 saturated heterocycles. The second kappa shape index (κ2) is 5.59. The number of carbonyl (C=O) groups excluding carboxylic acids is 1. The van der Waals surface area contributed by atoms with Crippen LogP contribution in [0.5, 0.6) is 0 Å². The first-order valence-electron chi connectivity index (χ1n) is 6.18. The molecule has 98 valence electrons. The number of nitrogens with two attached hydrogens (primary N) is 1. The number of carbonyl (C=O) groups is 1. The second-order valence-electron chi connectivity index (χ2n) is 4.46. The molecule has 2 N–H and O–H groups in total. The smallest absolute Gasteiger partial charge is 0.254 e. The molecule has 1 aliphatic heterocycles. The van der Waals surface area contributed by atoms with Gasteiger partial charge in [-0.25, -0.2) is 0 Å². The van der Waals surface area contributed by atoms with Crippen LogP contribution in [-0.4, -0.2) is 48.4 Å². The maximum Gasteiger partial charge on any atom is 0.254 e. The number of hydrogen-bond acceptors (Lipinski definition) is 3. The molecule has 0 radical (unpaired) electrons. The van der Waals surface area contributed by atoms with Crippen LogP contribution < -0.4 is 5.73 Å². The molecule has 0 bridgehead atoms. The first kappa shape index (κ1) is 13.2. The minimum atomic E-state index is 0.0362. The summed E-state index contributed by atoms with van der Waals surface area (Å²) in [5.41, 5.74) is 6.79. The SMILES string of the molecule is CCN1CCN(C(=O)c2ccc(Cl)c(N)c2)CC1. The van der Waals surface area contributed by atoms with Crippen LogP contribution in [0.4, 0.5) is 5.69 Å². The lowest BCUT2D eigenvalue weighted by Crippen LogP contribution is -2.48. The summed E-state index contributed by atoms with van der Waals surface area (Å²) in [5.74, 6) is 0.0362. The van der Waals surface area contributed by atoms with Gasteiger partial charge in [-0.05, 0) is 24.7 Å². The van der Waals surface area contributed by atoms with Crippen LogP contribution in [0.3, 0.4) is 0 Å². The Bertz CT molecular complexity index is 442. The number of nitrogens with zero attached hydrogens (tertiary/aromatic N) is 2. The van der Waals surface area contributed by atoms with E-state index in [0.29, 0.717) is 16.3 Å². The molecule has 1 amide bonds. The Labute approximate surface area is 112 Å². The van der Waals surface area contributed by atoms with Gasteiger partial charge < -0.3 is 15.5 Å². The van der Waals surface area contributed by atoms with Gasteiger partial charge in [-0.3, -0.25) is 4.79 Å². The van der Waals surface area contributed by atoms with Crippen molar-refractivity contribution in [2.45, 2.75) is 6.92 Å². The van der Waals surface area contributed by atoms with Gasteiger partial charge in [0.2, 0.25) is 0 Å². The average molecular weight is 268 g/mol. The summed E-state index contributed by atoms with van der Waals surface area (Å²) in [6, 6.07) is 5.05. The third kappa shape index (κ3) is 2.76. The lowest BCUT2D eigenvalue weighted by Gasteiger charge is -2.34. The number of anilines is 1. The zero-order valence-corrected chi connectivity index (χ0v) is 11.3. The summed E-state index contributed by atoms with van der Waals surface area (Å²) in [7, 11) is 0. The van der Waals surface area contributed by atoms with E-state index in [1.807, 2.05) is 4.90 Å². The third-order valence-corrected chi connectivity index (χ3v) is 3.69. The first-order chi connectivity index (χ1) is 8.61. The molecule has 0 saturated carbocycles. The maximum atomic E-state index is 12.3. The Morgan fingerprint density at radius 3 is 2.56 bits per heavy atom. The summed E-state index contributed by atoms with van der Waals surface area (Å²) in [6.07, 6.45) is 0. The Morgan fingerprint density at radius 1 is 1.33 bits per heavy atom. The highest BCUT2D eigenvalue weighted by molar-refractivity contribution is 6.33. The Morgan fingerprint density at radius 2 is 2.00 bits per heavy atom. The van der Waals surface area contributed by atoms with E-state index in [4.69, 9.17) is 17.3 Å². The Hall–Kier alpha value is -1.26. The Kier molecular flexibility index (Phi) is 4.09. The van der Waals surface area contributed by atoms with Crippen LogP contribution >= 0.6 is 11.6 Å². The minimum Gasteiger partial charge on any atom is -0.398 e. The summed E-state index contributed by atoms with van der Waals surface area (Å²) in [5, 5.41) is 0.488. The average Bonchev–Trinajstić information content (AvgIpc) is 2.41. The van der Waals surface area contributed by atoms with Gasteiger partial charge >= 0.3 is 0 Å². The molecular weight excluding hydrogens is 250 g/mol. The van der Waals surface area contributed by atoms with Gasteiger partial charge in [0.1, 0.15) is 0 Å². The number of hydrogen-bond donors (Lipinski definition) is 1. The summed E-state index contributed by atoms with van der Waals surface area (Å²) in [6.45, 7) is 6.59. The molecule has 0 aliphatic carbocycles. The number of halogens is 1. The molecule has 1 heterocycles. The van der Waals surface area contributed by atoms with E-state index in [0.717, 1.165) is 32.7 Å². The zero-order chi connectivity index (χ0) is 13.1. The highest BCUT2D eigenvalue weighted by Gasteiger charge is 2.21. The number of nitrogen functional groups attached to an aromatic ring is 1. The topological polar surface area (TPSA) is 49.6 Å². The van der Waals surface area contributed by atoms with Gasteiger partial charge in [0, 0.05) is 31.7 Å². The van der Waals surface area contributed by atoms with Crippen molar-refractivity contribution in [3.05, 3.63) is 28.8 Å². The van der Waals surface area contributed by atoms with Crippen LogP contribution in [0, 0.1) is 0 Å². The van der Waals surface area contributed by atoms with Gasteiger partial charge in [-0.1, -0.05) is 18.5 Å². The van der Waals surface area contributed by atoms with E-state index >= 15 is 0 Å². The van der Waals surface area contributed by atoms with Gasteiger partial charge in [0.15, 0.2) is 0 Å². The van der Waals surface area contributed by atoms with Crippen molar-refractivity contribution in [2.75, 3.05) is 38.5 Å². The minimum absolute atomic E-state index is 0.0362. The summed E-state index contributed by atoms with van der Waals surface area (Å²) in [4.78, 5) is 16.5. The molecule has 1 aromatic rings. The van der Waals surface area contributed by atoms with Gasteiger partial charge in [0.05, 0.1) is 10.7 Å². The number of piperazine rings is 1. The molecule has 0 unspecified atom stereocenters. The second-order valence-corrected chi connectivity index (χ2v) is 4.87. The van der Waals surface area contributed by atoms with Crippen molar-refractivity contribution in [1.29, 1.82) is 0 Å². The molecule has 1 fully saturated rings. The Balaban J connectivity index is 2.05.